The van der Waals surface area contributed by atoms with Crippen LogP contribution in [0.3, 0.4) is 0 Å². The van der Waals surface area contributed by atoms with Crippen LogP contribution in [0.15, 0.2) is 18.2 Å². The summed E-state index contributed by atoms with van der Waals surface area (Å²) in [6, 6.07) is 4.83. The molecular formula is C15H20N2O4. The molecule has 2 rings (SSSR count). The van der Waals surface area contributed by atoms with Crippen LogP contribution in [0.4, 0.5) is 16.2 Å². The number of nitrogens with one attached hydrogen (secondary N) is 1. The fourth-order valence-electron chi connectivity index (χ4n) is 2.38. The van der Waals surface area contributed by atoms with E-state index in [-0.39, 0.29) is 5.78 Å². The zero-order chi connectivity index (χ0) is 15.2. The highest BCUT2D eigenvalue weighted by Gasteiger charge is 2.19. The summed E-state index contributed by atoms with van der Waals surface area (Å²) in [7, 11) is 1.28. The van der Waals surface area contributed by atoms with E-state index in [1.165, 1.54) is 7.11 Å². The van der Waals surface area contributed by atoms with Crippen LogP contribution >= 0.6 is 0 Å². The van der Waals surface area contributed by atoms with Crippen molar-refractivity contribution in [1.29, 1.82) is 0 Å². The Kier molecular flexibility index (Phi) is 5.16. The van der Waals surface area contributed by atoms with Gasteiger partial charge in [0.2, 0.25) is 0 Å². The molecule has 6 nitrogen and oxygen atoms in total. The molecule has 3 N–H and O–H groups in total. The van der Waals surface area contributed by atoms with Crippen LogP contribution in [0.1, 0.15) is 29.6 Å². The summed E-state index contributed by atoms with van der Waals surface area (Å²) in [4.78, 5) is 23.5. The van der Waals surface area contributed by atoms with Crippen LogP contribution in [0, 0.1) is 5.92 Å². The molecule has 1 aromatic rings. The van der Waals surface area contributed by atoms with E-state index in [4.69, 9.17) is 10.5 Å². The molecule has 0 radical (unpaired) electrons. The Hall–Kier alpha value is -2.08. The SMILES string of the molecule is COC(=O)Nc1cc(N)cc(C(=O)CC2CCOCC2)c1. The topological polar surface area (TPSA) is 90.6 Å². The highest BCUT2D eigenvalue weighted by Crippen LogP contribution is 2.23. The second-order valence-corrected chi connectivity index (χ2v) is 5.14. The number of Topliss-reactive ketones (excluding diaryl/α,β-unsaturated/α-hetero) is 1. The molecule has 0 aliphatic carbocycles. The molecular weight excluding hydrogens is 272 g/mol. The summed E-state index contributed by atoms with van der Waals surface area (Å²) in [5.41, 5.74) is 7.18. The molecule has 0 saturated carbocycles. The van der Waals surface area contributed by atoms with E-state index < -0.39 is 6.09 Å². The number of benzene rings is 1. The Morgan fingerprint density at radius 2 is 2.05 bits per heavy atom. The minimum atomic E-state index is -0.594. The third kappa shape index (κ3) is 4.46. The Labute approximate surface area is 123 Å². The summed E-state index contributed by atoms with van der Waals surface area (Å²) in [6.07, 6.45) is 1.69. The number of ether oxygens (including phenoxy) is 2. The maximum absolute atomic E-state index is 12.3. The van der Waals surface area contributed by atoms with E-state index in [2.05, 4.69) is 10.1 Å². The predicted molar refractivity (Wildman–Crippen MR) is 79.4 cm³/mol. The number of rotatable bonds is 4. The number of ketones is 1. The predicted octanol–water partition coefficient (Wildman–Crippen LogP) is 2.45. The van der Waals surface area contributed by atoms with Gasteiger partial charge in [0.25, 0.3) is 0 Å². The van der Waals surface area contributed by atoms with Gasteiger partial charge in [0.15, 0.2) is 5.78 Å². The van der Waals surface area contributed by atoms with Crippen LogP contribution in [-0.2, 0) is 9.47 Å². The minimum Gasteiger partial charge on any atom is -0.453 e. The van der Waals surface area contributed by atoms with Crippen molar-refractivity contribution in [3.05, 3.63) is 23.8 Å². The van der Waals surface area contributed by atoms with Crippen molar-refractivity contribution < 1.29 is 19.1 Å². The van der Waals surface area contributed by atoms with Gasteiger partial charge >= 0.3 is 6.09 Å². The molecule has 0 unspecified atom stereocenters. The van der Waals surface area contributed by atoms with E-state index in [9.17, 15) is 9.59 Å². The first-order valence-electron chi connectivity index (χ1n) is 6.95. The molecule has 1 aromatic carbocycles. The van der Waals surface area contributed by atoms with Gasteiger partial charge in [0.1, 0.15) is 0 Å². The maximum Gasteiger partial charge on any atom is 0.411 e. The first kappa shape index (κ1) is 15.3. The average molecular weight is 292 g/mol. The van der Waals surface area contributed by atoms with Crippen LogP contribution in [0.2, 0.25) is 0 Å². The molecule has 0 bridgehead atoms. The zero-order valence-corrected chi connectivity index (χ0v) is 12.1. The molecule has 0 atom stereocenters. The molecule has 0 aromatic heterocycles. The smallest absolute Gasteiger partial charge is 0.411 e. The lowest BCUT2D eigenvalue weighted by molar-refractivity contribution is 0.0601. The first-order valence-corrected chi connectivity index (χ1v) is 6.95. The van der Waals surface area contributed by atoms with E-state index in [1.54, 1.807) is 18.2 Å². The van der Waals surface area contributed by atoms with Crippen molar-refractivity contribution in [2.45, 2.75) is 19.3 Å². The Bertz CT molecular complexity index is 524. The summed E-state index contributed by atoms with van der Waals surface area (Å²) >= 11 is 0. The van der Waals surface area contributed by atoms with E-state index in [0.29, 0.717) is 42.5 Å². The lowest BCUT2D eigenvalue weighted by Crippen LogP contribution is -2.19. The molecule has 1 saturated heterocycles. The van der Waals surface area contributed by atoms with Gasteiger partial charge in [-0.2, -0.15) is 0 Å². The number of carbonyl (C=O) groups excluding carboxylic acids is 2. The maximum atomic E-state index is 12.3. The van der Waals surface area contributed by atoms with E-state index in [0.717, 1.165) is 12.8 Å². The van der Waals surface area contributed by atoms with Gasteiger partial charge in [0, 0.05) is 36.6 Å². The second-order valence-electron chi connectivity index (χ2n) is 5.14. The fraction of sp³-hybridized carbons (Fsp3) is 0.467. The summed E-state index contributed by atoms with van der Waals surface area (Å²) in [6.45, 7) is 1.42. The summed E-state index contributed by atoms with van der Waals surface area (Å²) in [5.74, 6) is 0.381. The number of nitrogen functional groups attached to an aromatic ring is 1. The Balaban J connectivity index is 2.07. The van der Waals surface area contributed by atoms with Crippen LogP contribution in [-0.4, -0.2) is 32.2 Å². The number of carbonyl (C=O) groups is 2. The third-order valence-corrected chi connectivity index (χ3v) is 3.52. The van der Waals surface area contributed by atoms with Crippen molar-refractivity contribution in [3.8, 4) is 0 Å². The summed E-state index contributed by atoms with van der Waals surface area (Å²) in [5, 5.41) is 2.52. The lowest BCUT2D eigenvalue weighted by Gasteiger charge is -2.21. The number of amides is 1. The number of nitrogens with two attached hydrogens (primary N) is 1. The normalized spacial score (nSPS) is 15.5. The van der Waals surface area contributed by atoms with E-state index in [1.807, 2.05) is 0 Å². The first-order chi connectivity index (χ1) is 10.1. The van der Waals surface area contributed by atoms with Gasteiger partial charge in [-0.25, -0.2) is 4.79 Å². The molecule has 1 amide bonds. The van der Waals surface area contributed by atoms with Gasteiger partial charge in [-0.05, 0) is 37.0 Å². The number of hydrogen-bond acceptors (Lipinski definition) is 5. The lowest BCUT2D eigenvalue weighted by atomic mass is 9.92. The van der Waals surface area contributed by atoms with Gasteiger partial charge in [0.05, 0.1) is 7.11 Å². The molecule has 1 fully saturated rings. The molecule has 114 valence electrons. The van der Waals surface area contributed by atoms with Crippen molar-refractivity contribution in [2.24, 2.45) is 5.92 Å². The van der Waals surface area contributed by atoms with Crippen LogP contribution < -0.4 is 11.1 Å². The molecule has 1 aliphatic rings. The molecule has 6 heteroatoms. The fourth-order valence-corrected chi connectivity index (χ4v) is 2.38. The number of methoxy groups -OCH3 is 1. The molecule has 1 heterocycles. The van der Waals surface area contributed by atoms with Gasteiger partial charge in [-0.1, -0.05) is 0 Å². The number of hydrogen-bond donors (Lipinski definition) is 2. The van der Waals surface area contributed by atoms with Gasteiger partial charge < -0.3 is 15.2 Å². The molecule has 1 aliphatic heterocycles. The quantitative estimate of drug-likeness (QED) is 0.657. The molecule has 0 spiro atoms. The van der Waals surface area contributed by atoms with Crippen LogP contribution in [0.25, 0.3) is 0 Å². The second kappa shape index (κ2) is 7.08. The minimum absolute atomic E-state index is 0.0297. The monoisotopic (exact) mass is 292 g/mol. The standard InChI is InChI=1S/C15H20N2O4/c1-20-15(19)17-13-8-11(7-12(16)9-13)14(18)6-10-2-4-21-5-3-10/h7-10H,2-6,16H2,1H3,(H,17,19). The van der Waals surface area contributed by atoms with E-state index >= 15 is 0 Å². The van der Waals surface area contributed by atoms with Crippen molar-refractivity contribution in [1.82, 2.24) is 0 Å². The van der Waals surface area contributed by atoms with Crippen molar-refractivity contribution in [2.75, 3.05) is 31.4 Å². The highest BCUT2D eigenvalue weighted by molar-refractivity contribution is 5.99. The van der Waals surface area contributed by atoms with Crippen molar-refractivity contribution >= 4 is 23.3 Å². The third-order valence-electron chi connectivity index (χ3n) is 3.52. The van der Waals surface area contributed by atoms with Crippen molar-refractivity contribution in [3.63, 3.8) is 0 Å². The zero-order valence-electron chi connectivity index (χ0n) is 12.1. The van der Waals surface area contributed by atoms with Gasteiger partial charge in [-0.3, -0.25) is 10.1 Å². The van der Waals surface area contributed by atoms with Gasteiger partial charge in [-0.15, -0.1) is 0 Å². The average Bonchev–Trinajstić information content (AvgIpc) is 2.47. The Morgan fingerprint density at radius 1 is 1.33 bits per heavy atom. The molecule has 21 heavy (non-hydrogen) atoms. The largest absolute Gasteiger partial charge is 0.453 e. The van der Waals surface area contributed by atoms with Crippen LogP contribution in [0.5, 0.6) is 0 Å². The summed E-state index contributed by atoms with van der Waals surface area (Å²) < 4.78 is 9.81. The Morgan fingerprint density at radius 3 is 2.71 bits per heavy atom. The highest BCUT2D eigenvalue weighted by atomic mass is 16.5. The number of anilines is 2.